The third-order valence-corrected chi connectivity index (χ3v) is 11.4. The van der Waals surface area contributed by atoms with E-state index in [0.29, 0.717) is 29.6 Å². The molecule has 1 N–H and O–H groups in total. The highest BCUT2D eigenvalue weighted by Gasteiger charge is 2.65. The monoisotopic (exact) mass is 568 g/mol. The van der Waals surface area contributed by atoms with Crippen LogP contribution in [0.25, 0.3) is 5.69 Å². The molecule has 2 fully saturated rings. The second kappa shape index (κ2) is 10.4. The van der Waals surface area contributed by atoms with Crippen molar-refractivity contribution in [2.45, 2.75) is 63.9 Å². The molecule has 5 rings (SSSR count). The molecule has 2 aliphatic carbocycles. The topological polar surface area (TPSA) is 103 Å². The summed E-state index contributed by atoms with van der Waals surface area (Å²) in [6.07, 6.45) is 2.01. The van der Waals surface area contributed by atoms with E-state index >= 15 is 0 Å². The predicted molar refractivity (Wildman–Crippen MR) is 153 cm³/mol. The number of sulfonamides is 1. The Kier molecular flexibility index (Phi) is 7.41. The van der Waals surface area contributed by atoms with Crippen molar-refractivity contribution in [3.8, 4) is 11.4 Å². The van der Waals surface area contributed by atoms with E-state index in [1.807, 2.05) is 73.9 Å². The molecule has 1 aromatic heterocycles. The zero-order chi connectivity index (χ0) is 28.0. The van der Waals surface area contributed by atoms with Gasteiger partial charge < -0.3 is 4.74 Å². The number of fused-ring (bicyclic) bond motifs is 2. The molecule has 3 aromatic rings. The maximum atomic E-state index is 13.5. The standard InChI is InChI=1S/C29H36N4O4S2/c1-19-9-11-23(12-10-19)33-26(30-31-27(33)38-17-21-7-6-8-24(15-21)37-5)20(2)32-39(35,36)18-29-14-13-22(16-25(29)34)28(29,3)4/h6-12,15,20,22,32H,13-14,16-18H2,1-5H3. The molecule has 0 amide bonds. The lowest BCUT2D eigenvalue weighted by molar-refractivity contribution is -0.128. The van der Waals surface area contributed by atoms with Crippen LogP contribution in [-0.4, -0.2) is 41.8 Å². The third-order valence-electron chi connectivity index (χ3n) is 8.77. The van der Waals surface area contributed by atoms with E-state index in [9.17, 15) is 13.2 Å². The van der Waals surface area contributed by atoms with Crippen molar-refractivity contribution < 1.29 is 17.9 Å². The number of hydrogen-bond acceptors (Lipinski definition) is 7. The molecule has 208 valence electrons. The zero-order valence-corrected chi connectivity index (χ0v) is 24.7. The van der Waals surface area contributed by atoms with E-state index in [2.05, 4.69) is 14.9 Å². The molecule has 2 bridgehead atoms. The number of carbonyl (C=O) groups excluding carboxylic acids is 1. The number of aryl methyl sites for hydroxylation is 1. The van der Waals surface area contributed by atoms with Gasteiger partial charge in [-0.15, -0.1) is 10.2 Å². The van der Waals surface area contributed by atoms with Crippen LogP contribution >= 0.6 is 11.8 Å². The van der Waals surface area contributed by atoms with Gasteiger partial charge in [0, 0.05) is 23.3 Å². The van der Waals surface area contributed by atoms with Crippen LogP contribution in [0, 0.1) is 23.7 Å². The Hall–Kier alpha value is -2.69. The lowest BCUT2D eigenvalue weighted by Gasteiger charge is -2.36. The Morgan fingerprint density at radius 2 is 1.92 bits per heavy atom. The molecule has 3 unspecified atom stereocenters. The molecule has 10 heteroatoms. The number of ketones is 1. The third kappa shape index (κ3) is 5.14. The van der Waals surface area contributed by atoms with Crippen LogP contribution in [0.2, 0.25) is 0 Å². The van der Waals surface area contributed by atoms with Gasteiger partial charge in [0.05, 0.1) is 18.9 Å². The van der Waals surface area contributed by atoms with Gasteiger partial charge in [0.1, 0.15) is 11.5 Å². The molecule has 0 saturated heterocycles. The first kappa shape index (κ1) is 27.9. The molecule has 8 nitrogen and oxygen atoms in total. The van der Waals surface area contributed by atoms with Gasteiger partial charge in [-0.1, -0.05) is 55.4 Å². The SMILES string of the molecule is COc1cccc(CSc2nnc(C(C)NS(=O)(=O)CC34CCC(CC3=O)C4(C)C)n2-c2ccc(C)cc2)c1. The molecule has 0 aliphatic heterocycles. The number of nitrogens with one attached hydrogen (secondary N) is 1. The van der Waals surface area contributed by atoms with E-state index in [-0.39, 0.29) is 22.9 Å². The molecule has 3 atom stereocenters. The number of benzene rings is 2. The summed E-state index contributed by atoms with van der Waals surface area (Å²) in [5.74, 6) is 2.07. The number of methoxy groups -OCH3 is 1. The van der Waals surface area contributed by atoms with E-state index in [1.165, 1.54) is 11.8 Å². The number of ether oxygens (including phenoxy) is 1. The predicted octanol–water partition coefficient (Wildman–Crippen LogP) is 5.25. The minimum absolute atomic E-state index is 0.0841. The average Bonchev–Trinajstić information content (AvgIpc) is 3.47. The molecular formula is C29H36N4O4S2. The van der Waals surface area contributed by atoms with Gasteiger partial charge in [-0.3, -0.25) is 9.36 Å². The maximum absolute atomic E-state index is 13.5. The van der Waals surface area contributed by atoms with Crippen molar-refractivity contribution >= 4 is 27.6 Å². The smallest absolute Gasteiger partial charge is 0.213 e. The van der Waals surface area contributed by atoms with Gasteiger partial charge in [-0.2, -0.15) is 0 Å². The summed E-state index contributed by atoms with van der Waals surface area (Å²) in [4.78, 5) is 13.0. The maximum Gasteiger partial charge on any atom is 0.213 e. The van der Waals surface area contributed by atoms with E-state index in [1.54, 1.807) is 14.0 Å². The van der Waals surface area contributed by atoms with Gasteiger partial charge in [0.15, 0.2) is 11.0 Å². The first-order valence-corrected chi connectivity index (χ1v) is 15.9. The number of carbonyl (C=O) groups is 1. The van der Waals surface area contributed by atoms with Crippen molar-refractivity contribution in [2.75, 3.05) is 12.9 Å². The van der Waals surface area contributed by atoms with Crippen molar-refractivity contribution in [3.05, 3.63) is 65.5 Å². The highest BCUT2D eigenvalue weighted by Crippen LogP contribution is 2.64. The molecular weight excluding hydrogens is 532 g/mol. The van der Waals surface area contributed by atoms with Crippen LogP contribution in [0.1, 0.15) is 63.0 Å². The minimum atomic E-state index is -3.79. The summed E-state index contributed by atoms with van der Waals surface area (Å²) >= 11 is 1.52. The second-order valence-electron chi connectivity index (χ2n) is 11.4. The van der Waals surface area contributed by atoms with Gasteiger partial charge in [0.2, 0.25) is 10.0 Å². The van der Waals surface area contributed by atoms with Crippen LogP contribution in [0.15, 0.2) is 53.7 Å². The number of hydrogen-bond donors (Lipinski definition) is 1. The van der Waals surface area contributed by atoms with Crippen LogP contribution in [-0.2, 0) is 20.6 Å². The Labute approximate surface area is 235 Å². The fourth-order valence-electron chi connectivity index (χ4n) is 6.30. The zero-order valence-electron chi connectivity index (χ0n) is 23.1. The van der Waals surface area contributed by atoms with Gasteiger partial charge in [0.25, 0.3) is 0 Å². The second-order valence-corrected chi connectivity index (χ2v) is 14.1. The van der Waals surface area contributed by atoms with Crippen molar-refractivity contribution in [1.29, 1.82) is 0 Å². The molecule has 0 radical (unpaired) electrons. The molecule has 1 heterocycles. The van der Waals surface area contributed by atoms with Gasteiger partial charge in [-0.05, 0) is 67.9 Å². The summed E-state index contributed by atoms with van der Waals surface area (Å²) in [6.45, 7) is 7.90. The number of thioether (sulfide) groups is 1. The summed E-state index contributed by atoms with van der Waals surface area (Å²) in [6, 6.07) is 15.2. The lowest BCUT2D eigenvalue weighted by atomic mass is 9.70. The fraction of sp³-hybridized carbons (Fsp3) is 0.483. The first-order valence-electron chi connectivity index (χ1n) is 13.3. The van der Waals surface area contributed by atoms with E-state index < -0.39 is 21.5 Å². The Bertz CT molecular complexity index is 1480. The number of aromatic nitrogens is 3. The number of Topliss-reactive ketones (excluding diaryl/α,β-unsaturated/α-hetero) is 1. The number of rotatable bonds is 10. The summed E-state index contributed by atoms with van der Waals surface area (Å²) in [5.41, 5.74) is 1.89. The largest absolute Gasteiger partial charge is 0.497 e. The molecule has 39 heavy (non-hydrogen) atoms. The van der Waals surface area contributed by atoms with Crippen molar-refractivity contribution in [3.63, 3.8) is 0 Å². The van der Waals surface area contributed by atoms with Crippen LogP contribution < -0.4 is 9.46 Å². The summed E-state index contributed by atoms with van der Waals surface area (Å²) in [5, 5.41) is 9.55. The van der Waals surface area contributed by atoms with Gasteiger partial charge in [-0.25, -0.2) is 13.1 Å². The van der Waals surface area contributed by atoms with Gasteiger partial charge >= 0.3 is 0 Å². The highest BCUT2D eigenvalue weighted by atomic mass is 32.2. The van der Waals surface area contributed by atoms with Crippen molar-refractivity contribution in [1.82, 2.24) is 19.5 Å². The normalized spacial score (nSPS) is 22.8. The molecule has 2 aliphatic rings. The van der Waals surface area contributed by atoms with Crippen LogP contribution in [0.4, 0.5) is 0 Å². The van der Waals surface area contributed by atoms with E-state index in [0.717, 1.165) is 29.0 Å². The molecule has 0 spiro atoms. The Morgan fingerprint density at radius 3 is 2.56 bits per heavy atom. The Morgan fingerprint density at radius 1 is 1.18 bits per heavy atom. The highest BCUT2D eigenvalue weighted by molar-refractivity contribution is 7.98. The first-order chi connectivity index (χ1) is 18.5. The summed E-state index contributed by atoms with van der Waals surface area (Å²) in [7, 11) is -2.15. The fourth-order valence-corrected chi connectivity index (χ4v) is 9.25. The quantitative estimate of drug-likeness (QED) is 0.333. The van der Waals surface area contributed by atoms with Crippen molar-refractivity contribution in [2.24, 2.45) is 16.7 Å². The average molecular weight is 569 g/mol. The minimum Gasteiger partial charge on any atom is -0.497 e. The van der Waals surface area contributed by atoms with Crippen LogP contribution in [0.5, 0.6) is 5.75 Å². The summed E-state index contributed by atoms with van der Waals surface area (Å²) < 4.78 is 37.1. The Balaban J connectivity index is 1.41. The van der Waals surface area contributed by atoms with E-state index in [4.69, 9.17) is 4.74 Å². The molecule has 2 aromatic carbocycles. The number of nitrogens with zero attached hydrogens (tertiary/aromatic N) is 3. The molecule has 2 saturated carbocycles. The van der Waals surface area contributed by atoms with Crippen LogP contribution in [0.3, 0.4) is 0 Å². The lowest BCUT2D eigenvalue weighted by Crippen LogP contribution is -2.45.